The van der Waals surface area contributed by atoms with Crippen LogP contribution in [-0.2, 0) is 20.9 Å². The van der Waals surface area contributed by atoms with Crippen molar-refractivity contribution in [1.29, 1.82) is 0 Å². The number of methoxy groups -OCH3 is 1. The van der Waals surface area contributed by atoms with Crippen LogP contribution >= 0.6 is 0 Å². The van der Waals surface area contributed by atoms with Crippen molar-refractivity contribution in [3.63, 3.8) is 0 Å². The number of para-hydroxylation sites is 1. The number of fused-ring (bicyclic) bond motifs is 3. The molecule has 0 aliphatic carbocycles. The van der Waals surface area contributed by atoms with Gasteiger partial charge in [-0.05, 0) is 6.07 Å². The highest BCUT2D eigenvalue weighted by Crippen LogP contribution is 2.39. The first-order valence-corrected chi connectivity index (χ1v) is 5.07. The smallest absolute Gasteiger partial charge is 0.280 e. The Morgan fingerprint density at radius 1 is 1.44 bits per heavy atom. The van der Waals surface area contributed by atoms with Gasteiger partial charge in [-0.2, -0.15) is 0 Å². The number of hydrogen-bond acceptors (Lipinski definition) is 3. The summed E-state index contributed by atoms with van der Waals surface area (Å²) in [5.74, 6) is -1.17. The zero-order chi connectivity index (χ0) is 11.2. The molecule has 1 atom stereocenters. The summed E-state index contributed by atoms with van der Waals surface area (Å²) in [7, 11) is 1.53. The third-order valence-corrected chi connectivity index (χ3v) is 2.93. The molecule has 0 N–H and O–H groups in total. The lowest BCUT2D eigenvalue weighted by Crippen LogP contribution is -2.52. The van der Waals surface area contributed by atoms with Gasteiger partial charge in [-0.3, -0.25) is 9.69 Å². The van der Waals surface area contributed by atoms with Gasteiger partial charge in [0.15, 0.2) is 0 Å². The summed E-state index contributed by atoms with van der Waals surface area (Å²) >= 11 is 0. The SMILES string of the molecule is COC12C=CC(=O)N1c1ccccc1CO2. The highest BCUT2D eigenvalue weighted by atomic mass is 16.7. The molecule has 4 nitrogen and oxygen atoms in total. The Kier molecular flexibility index (Phi) is 1.89. The lowest BCUT2D eigenvalue weighted by molar-refractivity contribution is -0.197. The number of anilines is 1. The highest BCUT2D eigenvalue weighted by Gasteiger charge is 2.47. The van der Waals surface area contributed by atoms with Crippen LogP contribution in [0.4, 0.5) is 5.69 Å². The van der Waals surface area contributed by atoms with Gasteiger partial charge in [0, 0.05) is 24.8 Å². The van der Waals surface area contributed by atoms with E-state index in [2.05, 4.69) is 0 Å². The second-order valence-electron chi connectivity index (χ2n) is 3.76. The first kappa shape index (κ1) is 9.57. The fourth-order valence-electron chi connectivity index (χ4n) is 2.13. The molecule has 0 fully saturated rings. The van der Waals surface area contributed by atoms with Crippen molar-refractivity contribution in [2.24, 2.45) is 0 Å². The topological polar surface area (TPSA) is 38.8 Å². The fraction of sp³-hybridized carbons (Fsp3) is 0.250. The van der Waals surface area contributed by atoms with Crippen molar-refractivity contribution in [2.75, 3.05) is 12.0 Å². The Hall–Kier alpha value is -1.65. The molecular formula is C12H11NO3. The lowest BCUT2D eigenvalue weighted by atomic mass is 10.1. The molecule has 1 unspecified atom stereocenters. The first-order valence-electron chi connectivity index (χ1n) is 5.07. The van der Waals surface area contributed by atoms with E-state index in [1.807, 2.05) is 24.3 Å². The van der Waals surface area contributed by atoms with Crippen LogP contribution in [0.5, 0.6) is 0 Å². The number of hydrogen-bond donors (Lipinski definition) is 0. The monoisotopic (exact) mass is 217 g/mol. The van der Waals surface area contributed by atoms with Crippen LogP contribution in [0.25, 0.3) is 0 Å². The summed E-state index contributed by atoms with van der Waals surface area (Å²) in [6.45, 7) is 0.443. The average Bonchev–Trinajstić information content (AvgIpc) is 2.68. The van der Waals surface area contributed by atoms with Crippen molar-refractivity contribution in [2.45, 2.75) is 12.5 Å². The Morgan fingerprint density at radius 3 is 3.06 bits per heavy atom. The number of carbonyl (C=O) groups excluding carboxylic acids is 1. The van der Waals surface area contributed by atoms with Crippen LogP contribution in [-0.4, -0.2) is 18.9 Å². The van der Waals surface area contributed by atoms with Gasteiger partial charge in [0.2, 0.25) is 0 Å². The van der Waals surface area contributed by atoms with E-state index >= 15 is 0 Å². The maximum absolute atomic E-state index is 11.8. The minimum atomic E-state index is -1.05. The Morgan fingerprint density at radius 2 is 2.25 bits per heavy atom. The van der Waals surface area contributed by atoms with E-state index in [0.717, 1.165) is 11.3 Å². The van der Waals surface area contributed by atoms with E-state index in [1.54, 1.807) is 6.08 Å². The number of nitrogens with zero attached hydrogens (tertiary/aromatic N) is 1. The number of amides is 1. The summed E-state index contributed by atoms with van der Waals surface area (Å²) in [6, 6.07) is 7.67. The standard InChI is InChI=1S/C12H11NO3/c1-15-12-7-6-11(14)13(12)10-5-3-2-4-9(10)8-16-12/h2-7H,8H2,1H3. The molecule has 4 heteroatoms. The maximum Gasteiger partial charge on any atom is 0.280 e. The van der Waals surface area contributed by atoms with E-state index in [-0.39, 0.29) is 5.91 Å². The molecule has 3 rings (SSSR count). The molecular weight excluding hydrogens is 206 g/mol. The van der Waals surface area contributed by atoms with Crippen molar-refractivity contribution < 1.29 is 14.3 Å². The second kappa shape index (κ2) is 3.17. The quantitative estimate of drug-likeness (QED) is 0.714. The molecule has 2 aliphatic rings. The van der Waals surface area contributed by atoms with Gasteiger partial charge in [-0.15, -0.1) is 0 Å². The Labute approximate surface area is 93.1 Å². The van der Waals surface area contributed by atoms with Gasteiger partial charge < -0.3 is 9.47 Å². The number of ether oxygens (including phenoxy) is 2. The molecule has 0 saturated heterocycles. The minimum Gasteiger partial charge on any atom is -0.332 e. The summed E-state index contributed by atoms with van der Waals surface area (Å²) in [5.41, 5.74) is 1.85. The molecule has 0 saturated carbocycles. The van der Waals surface area contributed by atoms with Gasteiger partial charge in [0.05, 0.1) is 12.3 Å². The average molecular weight is 217 g/mol. The summed E-state index contributed by atoms with van der Waals surface area (Å²) in [4.78, 5) is 13.3. The molecule has 0 radical (unpaired) electrons. The zero-order valence-corrected chi connectivity index (χ0v) is 8.84. The van der Waals surface area contributed by atoms with E-state index in [1.165, 1.54) is 18.1 Å². The maximum atomic E-state index is 11.8. The molecule has 0 aromatic heterocycles. The molecule has 1 aromatic carbocycles. The molecule has 2 aliphatic heterocycles. The minimum absolute atomic E-state index is 0.117. The predicted molar refractivity (Wildman–Crippen MR) is 57.6 cm³/mol. The summed E-state index contributed by atoms with van der Waals surface area (Å²) in [6.07, 6.45) is 3.12. The molecule has 1 amide bonds. The van der Waals surface area contributed by atoms with Crippen LogP contribution in [0.15, 0.2) is 36.4 Å². The second-order valence-corrected chi connectivity index (χ2v) is 3.76. The fourth-order valence-corrected chi connectivity index (χ4v) is 2.13. The normalized spacial score (nSPS) is 26.8. The Balaban J connectivity index is 2.16. The van der Waals surface area contributed by atoms with Crippen LogP contribution in [0, 0.1) is 0 Å². The van der Waals surface area contributed by atoms with E-state index in [4.69, 9.17) is 9.47 Å². The molecule has 16 heavy (non-hydrogen) atoms. The lowest BCUT2D eigenvalue weighted by Gasteiger charge is -2.40. The highest BCUT2D eigenvalue weighted by molar-refractivity contribution is 6.06. The van der Waals surface area contributed by atoms with Crippen molar-refractivity contribution in [1.82, 2.24) is 0 Å². The third kappa shape index (κ3) is 1.08. The van der Waals surface area contributed by atoms with Gasteiger partial charge in [-0.25, -0.2) is 0 Å². The van der Waals surface area contributed by atoms with Gasteiger partial charge in [-0.1, -0.05) is 18.2 Å². The Bertz CT molecular complexity index is 483. The van der Waals surface area contributed by atoms with Crippen molar-refractivity contribution >= 4 is 11.6 Å². The number of rotatable bonds is 1. The number of carbonyl (C=O) groups is 1. The molecule has 0 bridgehead atoms. The molecule has 0 spiro atoms. The predicted octanol–water partition coefficient (Wildman–Crippen LogP) is 1.42. The van der Waals surface area contributed by atoms with E-state index in [0.29, 0.717) is 6.61 Å². The number of benzene rings is 1. The molecule has 82 valence electrons. The third-order valence-electron chi connectivity index (χ3n) is 2.93. The largest absolute Gasteiger partial charge is 0.332 e. The van der Waals surface area contributed by atoms with Gasteiger partial charge in [0.1, 0.15) is 0 Å². The van der Waals surface area contributed by atoms with Gasteiger partial charge >= 0.3 is 0 Å². The zero-order valence-electron chi connectivity index (χ0n) is 8.84. The van der Waals surface area contributed by atoms with E-state index < -0.39 is 5.91 Å². The van der Waals surface area contributed by atoms with E-state index in [9.17, 15) is 4.79 Å². The van der Waals surface area contributed by atoms with Crippen LogP contribution in [0.1, 0.15) is 5.56 Å². The van der Waals surface area contributed by atoms with Crippen LogP contribution < -0.4 is 4.90 Å². The van der Waals surface area contributed by atoms with Crippen LogP contribution in [0.2, 0.25) is 0 Å². The summed E-state index contributed by atoms with van der Waals surface area (Å²) in [5, 5.41) is 0. The first-order chi connectivity index (χ1) is 7.77. The molecule has 2 heterocycles. The van der Waals surface area contributed by atoms with Crippen molar-refractivity contribution in [3.8, 4) is 0 Å². The van der Waals surface area contributed by atoms with Gasteiger partial charge in [0.25, 0.3) is 11.8 Å². The van der Waals surface area contributed by atoms with Crippen LogP contribution in [0.3, 0.4) is 0 Å². The molecule has 1 aromatic rings. The summed E-state index contributed by atoms with van der Waals surface area (Å²) < 4.78 is 11.0. The van der Waals surface area contributed by atoms with Crippen molar-refractivity contribution in [3.05, 3.63) is 42.0 Å².